The zero-order valence-electron chi connectivity index (χ0n) is 11.4. The molecule has 2 heterocycles. The molecule has 0 spiro atoms. The van der Waals surface area contributed by atoms with Crippen LogP contribution in [0.1, 0.15) is 27.9 Å². The number of aromatic nitrogens is 1. The lowest BCUT2D eigenvalue weighted by Crippen LogP contribution is -2.16. The van der Waals surface area contributed by atoms with Crippen molar-refractivity contribution in [1.82, 2.24) is 4.98 Å². The minimum Gasteiger partial charge on any atom is -0.385 e. The molecule has 0 saturated heterocycles. The normalized spacial score (nSPS) is 13.2. The van der Waals surface area contributed by atoms with Gasteiger partial charge in [0.15, 0.2) is 0 Å². The number of benzene rings is 1. The van der Waals surface area contributed by atoms with E-state index < -0.39 is 0 Å². The molecular formula is C16H17N3O. The lowest BCUT2D eigenvalue weighted by molar-refractivity contribution is 0.102. The van der Waals surface area contributed by atoms with Gasteiger partial charge in [-0.2, -0.15) is 0 Å². The highest BCUT2D eigenvalue weighted by molar-refractivity contribution is 6.04. The average Bonchev–Trinajstić information content (AvgIpc) is 2.49. The summed E-state index contributed by atoms with van der Waals surface area (Å²) in [5.74, 6) is 0.508. The SMILES string of the molecule is Cc1cccnc1NC(=O)c1ccc2c(c1)CCCN2. The number of carbonyl (C=O) groups excluding carboxylic acids is 1. The van der Waals surface area contributed by atoms with Gasteiger partial charge in [-0.3, -0.25) is 4.79 Å². The molecule has 0 radical (unpaired) electrons. The van der Waals surface area contributed by atoms with E-state index in [2.05, 4.69) is 15.6 Å². The van der Waals surface area contributed by atoms with Crippen LogP contribution in [0.15, 0.2) is 36.5 Å². The number of pyridine rings is 1. The van der Waals surface area contributed by atoms with Gasteiger partial charge < -0.3 is 10.6 Å². The number of fused-ring (bicyclic) bond motifs is 1. The maximum absolute atomic E-state index is 12.3. The largest absolute Gasteiger partial charge is 0.385 e. The number of hydrogen-bond acceptors (Lipinski definition) is 3. The number of carbonyl (C=O) groups is 1. The van der Waals surface area contributed by atoms with Crippen LogP contribution < -0.4 is 10.6 Å². The molecule has 1 aromatic carbocycles. The second-order valence-electron chi connectivity index (χ2n) is 5.03. The Morgan fingerprint density at radius 1 is 1.35 bits per heavy atom. The summed E-state index contributed by atoms with van der Waals surface area (Å²) < 4.78 is 0. The molecule has 1 aromatic heterocycles. The quantitative estimate of drug-likeness (QED) is 0.879. The van der Waals surface area contributed by atoms with Gasteiger partial charge in [-0.25, -0.2) is 4.98 Å². The second-order valence-corrected chi connectivity index (χ2v) is 5.03. The first kappa shape index (κ1) is 12.7. The number of aryl methyl sites for hydroxylation is 2. The van der Waals surface area contributed by atoms with E-state index in [1.807, 2.05) is 37.3 Å². The van der Waals surface area contributed by atoms with E-state index in [1.54, 1.807) is 6.20 Å². The average molecular weight is 267 g/mol. The molecule has 1 aliphatic rings. The van der Waals surface area contributed by atoms with Gasteiger partial charge in [0.25, 0.3) is 5.91 Å². The zero-order valence-corrected chi connectivity index (χ0v) is 11.4. The topological polar surface area (TPSA) is 54.0 Å². The Morgan fingerprint density at radius 2 is 2.25 bits per heavy atom. The van der Waals surface area contributed by atoms with Crippen molar-refractivity contribution in [3.63, 3.8) is 0 Å². The van der Waals surface area contributed by atoms with Crippen LogP contribution >= 0.6 is 0 Å². The van der Waals surface area contributed by atoms with Crippen LogP contribution in [-0.2, 0) is 6.42 Å². The molecule has 0 saturated carbocycles. The molecule has 3 rings (SSSR count). The number of hydrogen-bond donors (Lipinski definition) is 2. The van der Waals surface area contributed by atoms with Gasteiger partial charge in [0, 0.05) is 24.0 Å². The summed E-state index contributed by atoms with van der Waals surface area (Å²) >= 11 is 0. The van der Waals surface area contributed by atoms with Crippen LogP contribution in [0.4, 0.5) is 11.5 Å². The molecule has 2 aromatic rings. The third-order valence-corrected chi connectivity index (χ3v) is 3.55. The monoisotopic (exact) mass is 267 g/mol. The smallest absolute Gasteiger partial charge is 0.256 e. The summed E-state index contributed by atoms with van der Waals surface area (Å²) in [6.07, 6.45) is 3.81. The van der Waals surface area contributed by atoms with Gasteiger partial charge in [0.2, 0.25) is 0 Å². The fraction of sp³-hybridized carbons (Fsp3) is 0.250. The van der Waals surface area contributed by atoms with E-state index in [9.17, 15) is 4.79 Å². The maximum atomic E-state index is 12.3. The van der Waals surface area contributed by atoms with Crippen molar-refractivity contribution in [2.24, 2.45) is 0 Å². The van der Waals surface area contributed by atoms with Gasteiger partial charge in [-0.15, -0.1) is 0 Å². The van der Waals surface area contributed by atoms with E-state index in [0.717, 1.165) is 30.6 Å². The third-order valence-electron chi connectivity index (χ3n) is 3.55. The highest BCUT2D eigenvalue weighted by atomic mass is 16.1. The van der Waals surface area contributed by atoms with E-state index in [-0.39, 0.29) is 5.91 Å². The minimum absolute atomic E-state index is 0.111. The van der Waals surface area contributed by atoms with Crippen molar-refractivity contribution in [2.75, 3.05) is 17.2 Å². The molecule has 0 aliphatic carbocycles. The number of amides is 1. The summed E-state index contributed by atoms with van der Waals surface area (Å²) in [6.45, 7) is 2.94. The minimum atomic E-state index is -0.111. The molecule has 0 fully saturated rings. The summed E-state index contributed by atoms with van der Waals surface area (Å²) in [4.78, 5) is 16.5. The van der Waals surface area contributed by atoms with Gasteiger partial charge in [0.1, 0.15) is 5.82 Å². The molecule has 4 nitrogen and oxygen atoms in total. The fourth-order valence-electron chi connectivity index (χ4n) is 2.41. The number of nitrogens with zero attached hydrogens (tertiary/aromatic N) is 1. The fourth-order valence-corrected chi connectivity index (χ4v) is 2.41. The van der Waals surface area contributed by atoms with Gasteiger partial charge in [-0.05, 0) is 55.2 Å². The van der Waals surface area contributed by atoms with Crippen molar-refractivity contribution >= 4 is 17.4 Å². The van der Waals surface area contributed by atoms with Gasteiger partial charge in [0.05, 0.1) is 0 Å². The number of anilines is 2. The summed E-state index contributed by atoms with van der Waals surface area (Å²) in [7, 11) is 0. The van der Waals surface area contributed by atoms with Crippen LogP contribution in [0.3, 0.4) is 0 Å². The van der Waals surface area contributed by atoms with Crippen molar-refractivity contribution in [1.29, 1.82) is 0 Å². The van der Waals surface area contributed by atoms with Crippen LogP contribution in [0.5, 0.6) is 0 Å². The van der Waals surface area contributed by atoms with Gasteiger partial charge in [-0.1, -0.05) is 6.07 Å². The first-order valence-electron chi connectivity index (χ1n) is 6.84. The van der Waals surface area contributed by atoms with Crippen molar-refractivity contribution in [2.45, 2.75) is 19.8 Å². The molecule has 4 heteroatoms. The first-order valence-corrected chi connectivity index (χ1v) is 6.84. The maximum Gasteiger partial charge on any atom is 0.256 e. The van der Waals surface area contributed by atoms with Crippen LogP contribution in [-0.4, -0.2) is 17.4 Å². The molecule has 0 bridgehead atoms. The van der Waals surface area contributed by atoms with Crippen LogP contribution in [0.25, 0.3) is 0 Å². The lowest BCUT2D eigenvalue weighted by atomic mass is 10.0. The molecule has 1 aliphatic heterocycles. The zero-order chi connectivity index (χ0) is 13.9. The van der Waals surface area contributed by atoms with Gasteiger partial charge >= 0.3 is 0 Å². The summed E-state index contributed by atoms with van der Waals surface area (Å²) in [5, 5.41) is 6.21. The lowest BCUT2D eigenvalue weighted by Gasteiger charge is -2.18. The van der Waals surface area contributed by atoms with Crippen molar-refractivity contribution < 1.29 is 4.79 Å². The van der Waals surface area contributed by atoms with E-state index in [0.29, 0.717) is 11.4 Å². The van der Waals surface area contributed by atoms with E-state index in [4.69, 9.17) is 0 Å². The van der Waals surface area contributed by atoms with Crippen molar-refractivity contribution in [3.8, 4) is 0 Å². The van der Waals surface area contributed by atoms with Crippen LogP contribution in [0, 0.1) is 6.92 Å². The molecular weight excluding hydrogens is 250 g/mol. The Hall–Kier alpha value is -2.36. The standard InChI is InChI=1S/C16H17N3O/c1-11-4-2-9-18-15(11)19-16(20)13-6-7-14-12(10-13)5-3-8-17-14/h2,4,6-7,9-10,17H,3,5,8H2,1H3,(H,18,19,20). The highest BCUT2D eigenvalue weighted by Crippen LogP contribution is 2.23. The Bertz CT molecular complexity index is 652. The molecule has 0 unspecified atom stereocenters. The van der Waals surface area contributed by atoms with E-state index in [1.165, 1.54) is 5.56 Å². The molecule has 0 atom stereocenters. The molecule has 1 amide bonds. The molecule has 2 N–H and O–H groups in total. The Kier molecular flexibility index (Phi) is 3.37. The predicted octanol–water partition coefficient (Wildman–Crippen LogP) is 3.00. The summed E-state index contributed by atoms with van der Waals surface area (Å²) in [5.41, 5.74) is 3.99. The third kappa shape index (κ3) is 2.50. The highest BCUT2D eigenvalue weighted by Gasteiger charge is 2.13. The Labute approximate surface area is 118 Å². The summed E-state index contributed by atoms with van der Waals surface area (Å²) in [6, 6.07) is 9.59. The van der Waals surface area contributed by atoms with E-state index >= 15 is 0 Å². The first-order chi connectivity index (χ1) is 9.74. The second kappa shape index (κ2) is 5.33. The molecule has 102 valence electrons. The predicted molar refractivity (Wildman–Crippen MR) is 80.2 cm³/mol. The number of nitrogens with one attached hydrogen (secondary N) is 2. The number of rotatable bonds is 2. The Morgan fingerprint density at radius 3 is 3.10 bits per heavy atom. The van der Waals surface area contributed by atoms with Crippen molar-refractivity contribution in [3.05, 3.63) is 53.2 Å². The van der Waals surface area contributed by atoms with Crippen LogP contribution in [0.2, 0.25) is 0 Å². The Balaban J connectivity index is 1.82. The molecule has 20 heavy (non-hydrogen) atoms.